The normalized spacial score (nSPS) is 10.5. The molecule has 0 fully saturated rings. The Morgan fingerprint density at radius 2 is 1.85 bits per heavy atom. The highest BCUT2D eigenvalue weighted by Crippen LogP contribution is 2.25. The van der Waals surface area contributed by atoms with Crippen LogP contribution in [0.5, 0.6) is 11.5 Å². The Labute approximate surface area is 207 Å². The first-order valence-electron chi connectivity index (χ1n) is 10.0. The van der Waals surface area contributed by atoms with Crippen LogP contribution in [-0.2, 0) is 15.8 Å². The number of imide groups is 1. The molecule has 0 aliphatic carbocycles. The van der Waals surface area contributed by atoms with Crippen molar-refractivity contribution in [2.45, 2.75) is 11.0 Å². The first-order chi connectivity index (χ1) is 16.5. The van der Waals surface area contributed by atoms with Gasteiger partial charge in [-0.3, -0.25) is 25.1 Å². The van der Waals surface area contributed by atoms with Gasteiger partial charge in [-0.05, 0) is 35.9 Å². The van der Waals surface area contributed by atoms with Crippen LogP contribution in [0.15, 0.2) is 73.3 Å². The predicted molar refractivity (Wildman–Crippen MR) is 131 cm³/mol. The maximum atomic E-state index is 12.9. The van der Waals surface area contributed by atoms with Crippen LogP contribution in [-0.4, -0.2) is 31.7 Å². The van der Waals surface area contributed by atoms with Gasteiger partial charge in [0.1, 0.15) is 23.1 Å². The summed E-state index contributed by atoms with van der Waals surface area (Å²) in [5.74, 6) is 0.341. The first kappa shape index (κ1) is 23.3. The number of anilines is 1. The summed E-state index contributed by atoms with van der Waals surface area (Å²) in [5, 5.41) is 8.93. The molecule has 4 aromatic rings. The Hall–Kier alpha value is -3.87. The van der Waals surface area contributed by atoms with Crippen LogP contribution in [0.4, 0.5) is 15.0 Å². The number of carbonyl (C=O) groups is 2. The van der Waals surface area contributed by atoms with Crippen molar-refractivity contribution in [3.8, 4) is 22.8 Å². The third-order valence-corrected chi connectivity index (χ3v) is 5.23. The van der Waals surface area contributed by atoms with Gasteiger partial charge in [-0.2, -0.15) is 5.10 Å². The van der Waals surface area contributed by atoms with E-state index in [1.807, 2.05) is 6.20 Å². The lowest BCUT2D eigenvalue weighted by molar-refractivity contribution is -0.119. The summed E-state index contributed by atoms with van der Waals surface area (Å²) >= 11 is 2.22. The van der Waals surface area contributed by atoms with Gasteiger partial charge < -0.3 is 4.74 Å². The molecule has 172 valence electrons. The first-order valence-corrected chi connectivity index (χ1v) is 11.5. The van der Waals surface area contributed by atoms with Gasteiger partial charge >= 0.3 is 6.03 Å². The van der Waals surface area contributed by atoms with Crippen molar-refractivity contribution in [1.82, 2.24) is 25.1 Å². The van der Waals surface area contributed by atoms with Crippen LogP contribution in [0.3, 0.4) is 0 Å². The minimum atomic E-state index is -0.723. The van der Waals surface area contributed by atoms with Crippen molar-refractivity contribution in [2.24, 2.45) is 0 Å². The number of nitrogens with one attached hydrogen (secondary N) is 2. The highest BCUT2D eigenvalue weighted by molar-refractivity contribution is 14.1. The lowest BCUT2D eigenvalue weighted by Crippen LogP contribution is -2.35. The Bertz CT molecular complexity index is 1290. The van der Waals surface area contributed by atoms with E-state index in [4.69, 9.17) is 4.74 Å². The number of benzene rings is 1. The molecule has 9 nitrogen and oxygen atoms in total. The molecule has 1 aromatic carbocycles. The maximum absolute atomic E-state index is 12.9. The summed E-state index contributed by atoms with van der Waals surface area (Å²) in [6.45, 7) is 0. The van der Waals surface area contributed by atoms with Crippen molar-refractivity contribution in [3.63, 3.8) is 0 Å². The van der Waals surface area contributed by atoms with Gasteiger partial charge in [-0.1, -0.05) is 34.7 Å². The van der Waals surface area contributed by atoms with Gasteiger partial charge in [0.2, 0.25) is 5.91 Å². The number of nitrogens with zero attached hydrogens (tertiary/aromatic N) is 4. The molecule has 0 bridgehead atoms. The number of alkyl halides is 1. The number of carbonyl (C=O) groups excluding carboxylic acids is 2. The number of rotatable bonds is 7. The van der Waals surface area contributed by atoms with Gasteiger partial charge in [0.05, 0.1) is 29.1 Å². The molecular formula is C23H18FIN6O3. The van der Waals surface area contributed by atoms with Crippen molar-refractivity contribution >= 4 is 40.3 Å². The standard InChI is InChI=1S/C23H18FIN6O3/c24-17-3-1-15(2-4-17)9-22(32)30-23(33)29-21-6-5-19(12-27-21)34-18-7-8-26-20(10-18)16-11-28-31(13-16)14-25/h1-8,10-13H,9,14H2,(H2,27,29,30,32,33). The molecule has 0 atom stereocenters. The summed E-state index contributed by atoms with van der Waals surface area (Å²) < 4.78 is 21.3. The number of hydrogen-bond acceptors (Lipinski definition) is 6. The van der Waals surface area contributed by atoms with E-state index in [2.05, 4.69) is 48.3 Å². The topological polar surface area (TPSA) is 111 Å². The van der Waals surface area contributed by atoms with Gasteiger partial charge in [-0.15, -0.1) is 0 Å². The van der Waals surface area contributed by atoms with E-state index >= 15 is 0 Å². The third kappa shape index (κ3) is 6.34. The lowest BCUT2D eigenvalue weighted by Gasteiger charge is -2.09. The molecule has 3 aromatic heterocycles. The van der Waals surface area contributed by atoms with Crippen molar-refractivity contribution in [1.29, 1.82) is 0 Å². The molecule has 3 amide bonds. The van der Waals surface area contributed by atoms with Crippen molar-refractivity contribution in [2.75, 3.05) is 5.32 Å². The van der Waals surface area contributed by atoms with Crippen molar-refractivity contribution < 1.29 is 18.7 Å². The SMILES string of the molecule is O=C(Cc1ccc(F)cc1)NC(=O)Nc1ccc(Oc2ccnc(-c3cnn(CI)c3)c2)cn1. The summed E-state index contributed by atoms with van der Waals surface area (Å²) in [6, 6.07) is 11.4. The van der Waals surface area contributed by atoms with Crippen LogP contribution >= 0.6 is 22.6 Å². The Morgan fingerprint density at radius 3 is 2.56 bits per heavy atom. The molecule has 11 heteroatoms. The lowest BCUT2D eigenvalue weighted by atomic mass is 10.1. The van der Waals surface area contributed by atoms with Gasteiger partial charge in [0.25, 0.3) is 0 Å². The number of ether oxygens (including phenoxy) is 1. The highest BCUT2D eigenvalue weighted by atomic mass is 127. The number of hydrogen-bond donors (Lipinski definition) is 2. The summed E-state index contributed by atoms with van der Waals surface area (Å²) in [7, 11) is 0. The fourth-order valence-electron chi connectivity index (χ4n) is 2.95. The summed E-state index contributed by atoms with van der Waals surface area (Å²) in [4.78, 5) is 32.5. The second-order valence-corrected chi connectivity index (χ2v) is 7.73. The highest BCUT2D eigenvalue weighted by Gasteiger charge is 2.10. The molecule has 0 saturated carbocycles. The molecule has 0 aliphatic heterocycles. The minimum absolute atomic E-state index is 0.0549. The van der Waals surface area contributed by atoms with E-state index < -0.39 is 17.8 Å². The number of urea groups is 1. The average Bonchev–Trinajstić information content (AvgIpc) is 3.31. The number of aromatic nitrogens is 4. The van der Waals surface area contributed by atoms with Crippen molar-refractivity contribution in [3.05, 3.63) is 84.7 Å². The van der Waals surface area contributed by atoms with Crippen LogP contribution in [0.25, 0.3) is 11.3 Å². The third-order valence-electron chi connectivity index (χ3n) is 4.53. The van der Waals surface area contributed by atoms with Gasteiger partial charge in [0.15, 0.2) is 0 Å². The molecule has 0 aliphatic rings. The van der Waals surface area contributed by atoms with E-state index in [9.17, 15) is 14.0 Å². The Balaban J connectivity index is 1.31. The van der Waals surface area contributed by atoms with Crippen LogP contribution in [0.1, 0.15) is 5.56 Å². The maximum Gasteiger partial charge on any atom is 0.327 e. The van der Waals surface area contributed by atoms with E-state index in [-0.39, 0.29) is 12.2 Å². The molecule has 2 N–H and O–H groups in total. The monoisotopic (exact) mass is 572 g/mol. The van der Waals surface area contributed by atoms with E-state index in [0.717, 1.165) is 15.8 Å². The summed E-state index contributed by atoms with van der Waals surface area (Å²) in [6.07, 6.45) is 6.67. The smallest absolute Gasteiger partial charge is 0.327 e. The Morgan fingerprint density at radius 1 is 1.03 bits per heavy atom. The number of pyridine rings is 2. The zero-order valence-electron chi connectivity index (χ0n) is 17.6. The molecular weight excluding hydrogens is 554 g/mol. The Kier molecular flexibility index (Phi) is 7.42. The number of halogens is 2. The quantitative estimate of drug-likeness (QED) is 0.248. The molecule has 4 rings (SSSR count). The molecule has 34 heavy (non-hydrogen) atoms. The molecule has 0 radical (unpaired) electrons. The van der Waals surface area contributed by atoms with E-state index in [1.54, 1.807) is 41.3 Å². The molecule has 3 heterocycles. The minimum Gasteiger partial charge on any atom is -0.456 e. The fourth-order valence-corrected chi connectivity index (χ4v) is 3.32. The zero-order chi connectivity index (χ0) is 23.9. The predicted octanol–water partition coefficient (Wildman–Crippen LogP) is 4.55. The molecule has 0 spiro atoms. The fraction of sp³-hybridized carbons (Fsp3) is 0.0870. The van der Waals surface area contributed by atoms with Gasteiger partial charge in [0, 0.05) is 24.0 Å². The van der Waals surface area contributed by atoms with E-state index in [0.29, 0.717) is 17.1 Å². The number of amides is 3. The average molecular weight is 572 g/mol. The van der Waals surface area contributed by atoms with Crippen LogP contribution in [0, 0.1) is 5.82 Å². The summed E-state index contributed by atoms with van der Waals surface area (Å²) in [5.41, 5.74) is 2.19. The second-order valence-electron chi connectivity index (χ2n) is 7.05. The van der Waals surface area contributed by atoms with Crippen LogP contribution in [0.2, 0.25) is 0 Å². The largest absolute Gasteiger partial charge is 0.456 e. The molecule has 0 saturated heterocycles. The van der Waals surface area contributed by atoms with Crippen LogP contribution < -0.4 is 15.4 Å². The molecule has 0 unspecified atom stereocenters. The van der Waals surface area contributed by atoms with E-state index in [1.165, 1.54) is 30.5 Å². The zero-order valence-corrected chi connectivity index (χ0v) is 19.8. The van der Waals surface area contributed by atoms with Gasteiger partial charge in [-0.25, -0.2) is 14.2 Å². The second kappa shape index (κ2) is 10.8.